The van der Waals surface area contributed by atoms with E-state index in [2.05, 4.69) is 10.6 Å². The number of methoxy groups -OCH3 is 1. The Hall–Kier alpha value is -1.87. The van der Waals surface area contributed by atoms with Gasteiger partial charge in [0.15, 0.2) is 0 Å². The van der Waals surface area contributed by atoms with Crippen LogP contribution in [-0.4, -0.2) is 67.7 Å². The van der Waals surface area contributed by atoms with Crippen molar-refractivity contribution in [2.45, 2.75) is 25.3 Å². The Morgan fingerprint density at radius 1 is 1.14 bits per heavy atom. The Morgan fingerprint density at radius 3 is 2.43 bits per heavy atom. The average Bonchev–Trinajstić information content (AvgIpc) is 2.41. The smallest absolute Gasteiger partial charge is 0.326 e. The van der Waals surface area contributed by atoms with Crippen molar-refractivity contribution in [3.8, 4) is 0 Å². The maximum Gasteiger partial charge on any atom is 0.326 e. The first-order valence-corrected chi connectivity index (χ1v) is 6.53. The number of amides is 2. The van der Waals surface area contributed by atoms with Gasteiger partial charge in [0.1, 0.15) is 6.04 Å². The Balaban J connectivity index is 3.78. The fraction of sp³-hybridized carbons (Fsp3) is 0.750. The number of aliphatic carboxylic acids is 2. The normalized spacial score (nSPS) is 11.7. The molecule has 0 radical (unpaired) electrons. The number of urea groups is 1. The number of carbonyl (C=O) groups excluding carboxylic acids is 1. The topological polar surface area (TPSA) is 134 Å². The van der Waals surface area contributed by atoms with E-state index in [0.29, 0.717) is 32.8 Å². The van der Waals surface area contributed by atoms with Gasteiger partial charge in [-0.15, -0.1) is 0 Å². The molecule has 0 aromatic rings. The van der Waals surface area contributed by atoms with Gasteiger partial charge < -0.3 is 30.3 Å². The van der Waals surface area contributed by atoms with Crippen LogP contribution < -0.4 is 10.6 Å². The third kappa shape index (κ3) is 11.6. The number of hydrogen-bond acceptors (Lipinski definition) is 5. The second-order valence-corrected chi connectivity index (χ2v) is 4.18. The molecule has 0 heterocycles. The van der Waals surface area contributed by atoms with Crippen LogP contribution in [0.5, 0.6) is 0 Å². The molecule has 122 valence electrons. The molecule has 0 aliphatic carbocycles. The lowest BCUT2D eigenvalue weighted by Crippen LogP contribution is -2.46. The number of carboxylic acid groups (broad SMARTS) is 2. The molecule has 1 unspecified atom stereocenters. The monoisotopic (exact) mass is 306 g/mol. The van der Waals surface area contributed by atoms with Crippen LogP contribution in [-0.2, 0) is 19.1 Å². The molecule has 1 atom stereocenters. The summed E-state index contributed by atoms with van der Waals surface area (Å²) in [5.74, 6) is -2.38. The second-order valence-electron chi connectivity index (χ2n) is 4.18. The summed E-state index contributed by atoms with van der Waals surface area (Å²) in [6, 6.07) is -1.87. The standard InChI is InChI=1S/C12H22N2O7/c1-20-7-8-21-6-2-5-13-12(19)14-9(11(17)18)3-4-10(15)16/h9H,2-8H2,1H3,(H,15,16)(H,17,18)(H2,13,14,19). The fourth-order valence-corrected chi connectivity index (χ4v) is 1.35. The highest BCUT2D eigenvalue weighted by molar-refractivity contribution is 5.82. The summed E-state index contributed by atoms with van der Waals surface area (Å²) in [5, 5.41) is 22.0. The SMILES string of the molecule is COCCOCCCNC(=O)NC(CCC(=O)O)C(=O)O. The average molecular weight is 306 g/mol. The lowest BCUT2D eigenvalue weighted by molar-refractivity contribution is -0.140. The summed E-state index contributed by atoms with van der Waals surface area (Å²) >= 11 is 0. The van der Waals surface area contributed by atoms with Crippen molar-refractivity contribution >= 4 is 18.0 Å². The number of carboxylic acids is 2. The van der Waals surface area contributed by atoms with Gasteiger partial charge in [0.05, 0.1) is 13.2 Å². The number of ether oxygens (including phenoxy) is 2. The highest BCUT2D eigenvalue weighted by Crippen LogP contribution is 1.98. The van der Waals surface area contributed by atoms with Gasteiger partial charge in [0.25, 0.3) is 0 Å². The molecule has 0 aromatic carbocycles. The quantitative estimate of drug-likeness (QED) is 0.362. The Bertz CT molecular complexity index is 336. The van der Waals surface area contributed by atoms with Crippen molar-refractivity contribution in [2.75, 3.05) is 33.5 Å². The number of hydrogen-bond donors (Lipinski definition) is 4. The molecule has 0 aliphatic heterocycles. The summed E-state index contributed by atoms with van der Waals surface area (Å²) in [6.45, 7) is 1.74. The lowest BCUT2D eigenvalue weighted by Gasteiger charge is -2.14. The Kier molecular flexibility index (Phi) is 10.9. The number of nitrogens with one attached hydrogen (secondary N) is 2. The van der Waals surface area contributed by atoms with Crippen LogP contribution >= 0.6 is 0 Å². The van der Waals surface area contributed by atoms with E-state index in [-0.39, 0.29) is 12.8 Å². The first kappa shape index (κ1) is 19.1. The largest absolute Gasteiger partial charge is 0.481 e. The third-order valence-corrected chi connectivity index (χ3v) is 2.43. The fourth-order valence-electron chi connectivity index (χ4n) is 1.35. The molecule has 0 aromatic heterocycles. The molecule has 0 bridgehead atoms. The van der Waals surface area contributed by atoms with E-state index in [1.165, 1.54) is 0 Å². The summed E-state index contributed by atoms with van der Waals surface area (Å²) in [4.78, 5) is 32.7. The highest BCUT2D eigenvalue weighted by Gasteiger charge is 2.20. The van der Waals surface area contributed by atoms with E-state index in [1.807, 2.05) is 0 Å². The van der Waals surface area contributed by atoms with Gasteiger partial charge in [0, 0.05) is 26.7 Å². The predicted octanol–water partition coefficient (Wildman–Crippen LogP) is -0.343. The predicted molar refractivity (Wildman–Crippen MR) is 72.1 cm³/mol. The summed E-state index contributed by atoms with van der Waals surface area (Å²) in [5.41, 5.74) is 0. The lowest BCUT2D eigenvalue weighted by atomic mass is 10.1. The minimum Gasteiger partial charge on any atom is -0.481 e. The van der Waals surface area contributed by atoms with E-state index >= 15 is 0 Å². The molecule has 9 nitrogen and oxygen atoms in total. The highest BCUT2D eigenvalue weighted by atomic mass is 16.5. The van der Waals surface area contributed by atoms with Crippen molar-refractivity contribution in [1.82, 2.24) is 10.6 Å². The van der Waals surface area contributed by atoms with Gasteiger partial charge in [-0.25, -0.2) is 9.59 Å². The molecule has 2 amide bonds. The van der Waals surface area contributed by atoms with Crippen LogP contribution in [0.2, 0.25) is 0 Å². The number of rotatable bonds is 12. The van der Waals surface area contributed by atoms with Gasteiger partial charge in [0.2, 0.25) is 0 Å². The van der Waals surface area contributed by atoms with E-state index in [1.54, 1.807) is 7.11 Å². The van der Waals surface area contributed by atoms with Gasteiger partial charge in [-0.05, 0) is 12.8 Å². The molecule has 0 rings (SSSR count). The van der Waals surface area contributed by atoms with Crippen molar-refractivity contribution in [2.24, 2.45) is 0 Å². The zero-order chi connectivity index (χ0) is 16.1. The number of carbonyl (C=O) groups is 3. The van der Waals surface area contributed by atoms with Crippen LogP contribution in [0, 0.1) is 0 Å². The molecule has 0 spiro atoms. The van der Waals surface area contributed by atoms with E-state index in [9.17, 15) is 14.4 Å². The molecular weight excluding hydrogens is 284 g/mol. The maximum absolute atomic E-state index is 11.4. The van der Waals surface area contributed by atoms with Crippen LogP contribution in [0.1, 0.15) is 19.3 Å². The molecule has 0 saturated heterocycles. The molecule has 0 saturated carbocycles. The van der Waals surface area contributed by atoms with Crippen molar-refractivity contribution in [3.05, 3.63) is 0 Å². The van der Waals surface area contributed by atoms with Gasteiger partial charge >= 0.3 is 18.0 Å². The first-order chi connectivity index (χ1) is 9.97. The molecule has 4 N–H and O–H groups in total. The molecule has 21 heavy (non-hydrogen) atoms. The van der Waals surface area contributed by atoms with Crippen molar-refractivity contribution in [1.29, 1.82) is 0 Å². The minimum absolute atomic E-state index is 0.168. The Morgan fingerprint density at radius 2 is 1.86 bits per heavy atom. The van der Waals surface area contributed by atoms with Crippen LogP contribution in [0.25, 0.3) is 0 Å². The summed E-state index contributed by atoms with van der Waals surface area (Å²) < 4.78 is 9.97. The first-order valence-electron chi connectivity index (χ1n) is 6.53. The molecular formula is C12H22N2O7. The van der Waals surface area contributed by atoms with Crippen LogP contribution in [0.3, 0.4) is 0 Å². The van der Waals surface area contributed by atoms with Crippen LogP contribution in [0.4, 0.5) is 4.79 Å². The third-order valence-electron chi connectivity index (χ3n) is 2.43. The zero-order valence-corrected chi connectivity index (χ0v) is 12.0. The molecule has 0 aliphatic rings. The zero-order valence-electron chi connectivity index (χ0n) is 12.0. The Labute approximate surface area is 122 Å². The van der Waals surface area contributed by atoms with E-state index < -0.39 is 24.0 Å². The summed E-state index contributed by atoms with van der Waals surface area (Å²) in [7, 11) is 1.57. The van der Waals surface area contributed by atoms with Crippen LogP contribution in [0.15, 0.2) is 0 Å². The maximum atomic E-state index is 11.4. The van der Waals surface area contributed by atoms with Gasteiger partial charge in [-0.2, -0.15) is 0 Å². The van der Waals surface area contributed by atoms with Gasteiger partial charge in [-0.1, -0.05) is 0 Å². The minimum atomic E-state index is -1.27. The molecule has 0 fully saturated rings. The van der Waals surface area contributed by atoms with Gasteiger partial charge in [-0.3, -0.25) is 4.79 Å². The van der Waals surface area contributed by atoms with Crippen molar-refractivity contribution in [3.63, 3.8) is 0 Å². The van der Waals surface area contributed by atoms with E-state index in [0.717, 1.165) is 0 Å². The van der Waals surface area contributed by atoms with Crippen molar-refractivity contribution < 1.29 is 34.1 Å². The second kappa shape index (κ2) is 11.9. The van der Waals surface area contributed by atoms with E-state index in [4.69, 9.17) is 19.7 Å². The summed E-state index contributed by atoms with van der Waals surface area (Å²) in [6.07, 6.45) is 0.0762. The molecule has 9 heteroatoms.